The third kappa shape index (κ3) is 18.8. The zero-order valence-electron chi connectivity index (χ0n) is 38.4. The molecular weight excluding hydrogens is 1140 g/mol. The highest BCUT2D eigenvalue weighted by Crippen LogP contribution is 2.37. The van der Waals surface area contributed by atoms with E-state index in [1.165, 1.54) is 47.3 Å². The molecule has 3 aromatic carbocycles. The van der Waals surface area contributed by atoms with Crippen LogP contribution in [0.3, 0.4) is 0 Å². The molecule has 3 aliphatic rings. The summed E-state index contributed by atoms with van der Waals surface area (Å²) in [5, 5.41) is 19.7. The van der Waals surface area contributed by atoms with Crippen molar-refractivity contribution in [2.24, 2.45) is 5.92 Å². The van der Waals surface area contributed by atoms with E-state index >= 15 is 0 Å². The van der Waals surface area contributed by atoms with Crippen molar-refractivity contribution in [2.75, 3.05) is 27.2 Å². The molecule has 0 atom stereocenters. The first kappa shape index (κ1) is 62.1. The average Bonchev–Trinajstić information content (AvgIpc) is 3.81. The van der Waals surface area contributed by atoms with Crippen LogP contribution in [-0.4, -0.2) is 101 Å². The fraction of sp³-hybridized carbons (Fsp3) is 0.283. The van der Waals surface area contributed by atoms with Gasteiger partial charge in [0.05, 0.1) is 21.8 Å². The van der Waals surface area contributed by atoms with Crippen molar-refractivity contribution < 1.29 is 58.1 Å². The summed E-state index contributed by atoms with van der Waals surface area (Å²) in [6.45, 7) is 15.0. The zero-order valence-corrected chi connectivity index (χ0v) is 46.5. The quantitative estimate of drug-likeness (QED) is 0.159. The number of nitrogens with zero attached hydrogens (tertiary/aromatic N) is 3. The minimum Gasteiger partial charge on any atom is -0.508 e. The van der Waals surface area contributed by atoms with E-state index < -0.39 is 0 Å². The van der Waals surface area contributed by atoms with E-state index in [1.54, 1.807) is 48.1 Å². The number of rotatable bonds is 8. The number of phenols is 2. The number of likely N-dealkylation sites (N-methyl/N-ethyl adjacent to an activating group) is 2. The first-order valence-electron chi connectivity index (χ1n) is 19.7. The standard InChI is InChI=1S/C17H21NO3S2.C14H15NO2S2.C12H9Br2NOS2.3CO2/c1-10(2)5-6-18-16(20)14(23-17(18)22)9-12-7-11(3)15(19)13(8-12)21-4;1-4-15-13(17)12(19-14(15)18)7-10-5-8(2)9(3)11(16)6-10;1-6-8(13)3-7(4-9(6)14)5-10-11(16)15(2)12(17)18-10;3*2-1-3/h7-10,19H,5-6H2,1-4H3;5-7,16H,4H2,1-3H3;3-5H,1-2H3;;;/b14-9-;12-7-;10-5-;;;. The number of amides is 3. The summed E-state index contributed by atoms with van der Waals surface area (Å²) >= 11 is 26.5. The number of thiocarbonyl (C=S) groups is 3. The van der Waals surface area contributed by atoms with Crippen LogP contribution in [0.15, 0.2) is 60.1 Å². The Morgan fingerprint density at radius 3 is 1.46 bits per heavy atom. The number of benzene rings is 3. The Morgan fingerprint density at radius 1 is 0.652 bits per heavy atom. The van der Waals surface area contributed by atoms with Crippen molar-refractivity contribution in [1.82, 2.24) is 14.7 Å². The van der Waals surface area contributed by atoms with Gasteiger partial charge in [-0.3, -0.25) is 29.1 Å². The van der Waals surface area contributed by atoms with E-state index in [9.17, 15) is 24.6 Å². The summed E-state index contributed by atoms with van der Waals surface area (Å²) in [5.74, 6) is 1.13. The van der Waals surface area contributed by atoms with Crippen LogP contribution in [0, 0.1) is 33.6 Å². The van der Waals surface area contributed by atoms with E-state index in [1.807, 2.05) is 58.0 Å². The molecular formula is C46H45Br2N3O12S6. The molecule has 0 aromatic heterocycles. The van der Waals surface area contributed by atoms with Crippen LogP contribution >= 0.6 is 104 Å². The van der Waals surface area contributed by atoms with Crippen molar-refractivity contribution in [3.8, 4) is 17.2 Å². The molecule has 0 unspecified atom stereocenters. The molecule has 0 aliphatic carbocycles. The smallest absolute Gasteiger partial charge is 0.373 e. The summed E-state index contributed by atoms with van der Waals surface area (Å²) in [4.78, 5) is 91.8. The van der Waals surface area contributed by atoms with Gasteiger partial charge in [-0.15, -0.1) is 0 Å². The van der Waals surface area contributed by atoms with Crippen molar-refractivity contribution >= 4 is 171 Å². The molecule has 23 heteroatoms. The van der Waals surface area contributed by atoms with Gasteiger partial charge >= 0.3 is 18.5 Å². The van der Waals surface area contributed by atoms with Gasteiger partial charge in [0.25, 0.3) is 17.7 Å². The molecule has 15 nitrogen and oxygen atoms in total. The summed E-state index contributed by atoms with van der Waals surface area (Å²) < 4.78 is 8.96. The first-order valence-corrected chi connectivity index (χ1v) is 25.0. The summed E-state index contributed by atoms with van der Waals surface area (Å²) in [6.07, 6.45) is 7.11. The molecule has 366 valence electrons. The van der Waals surface area contributed by atoms with Crippen LogP contribution in [0.2, 0.25) is 0 Å². The predicted molar refractivity (Wildman–Crippen MR) is 284 cm³/mol. The Morgan fingerprint density at radius 2 is 1.06 bits per heavy atom. The largest absolute Gasteiger partial charge is 0.508 e. The molecule has 3 amide bonds. The van der Waals surface area contributed by atoms with Crippen LogP contribution in [-0.2, 0) is 43.2 Å². The van der Waals surface area contributed by atoms with E-state index in [2.05, 4.69) is 45.7 Å². The Balaban J connectivity index is 0.000000478. The minimum atomic E-state index is -0.0600. The molecule has 0 spiro atoms. The van der Waals surface area contributed by atoms with Gasteiger partial charge in [-0.1, -0.05) is 124 Å². The highest BCUT2D eigenvalue weighted by Gasteiger charge is 2.33. The number of ether oxygens (including phenoxy) is 1. The van der Waals surface area contributed by atoms with Crippen LogP contribution in [0.25, 0.3) is 18.2 Å². The van der Waals surface area contributed by atoms with Crippen LogP contribution in [0.1, 0.15) is 66.1 Å². The van der Waals surface area contributed by atoms with Crippen LogP contribution in [0.5, 0.6) is 17.2 Å². The van der Waals surface area contributed by atoms with E-state index in [-0.39, 0.29) is 47.7 Å². The molecule has 3 aromatic rings. The minimum absolute atomic E-state index is 0.0437. The number of phenolic OH excluding ortho intramolecular Hbond substituents is 2. The maximum atomic E-state index is 12.5. The monoisotopic (exact) mass is 1180 g/mol. The first-order chi connectivity index (χ1) is 32.4. The Labute approximate surface area is 444 Å². The third-order valence-electron chi connectivity index (χ3n) is 9.35. The van der Waals surface area contributed by atoms with Crippen LogP contribution in [0.4, 0.5) is 0 Å². The van der Waals surface area contributed by atoms with E-state index in [4.69, 9.17) is 70.2 Å². The maximum absolute atomic E-state index is 12.5. The van der Waals surface area contributed by atoms with Gasteiger partial charge in [0.2, 0.25) is 0 Å². The Hall–Kier alpha value is -4.89. The van der Waals surface area contributed by atoms with Gasteiger partial charge in [-0.25, -0.2) is 0 Å². The number of aromatic hydroxyl groups is 2. The molecule has 0 radical (unpaired) electrons. The lowest BCUT2D eigenvalue weighted by Crippen LogP contribution is -2.29. The summed E-state index contributed by atoms with van der Waals surface area (Å²) in [6, 6.07) is 11.1. The highest BCUT2D eigenvalue weighted by atomic mass is 79.9. The normalized spacial score (nSPS) is 15.5. The van der Waals surface area contributed by atoms with E-state index in [0.29, 0.717) is 58.0 Å². The van der Waals surface area contributed by atoms with Crippen molar-refractivity contribution in [1.29, 1.82) is 0 Å². The maximum Gasteiger partial charge on any atom is 0.373 e. The number of aryl methyl sites for hydroxylation is 2. The van der Waals surface area contributed by atoms with Crippen LogP contribution < -0.4 is 4.74 Å². The summed E-state index contributed by atoms with van der Waals surface area (Å²) in [5.41, 5.74) is 6.28. The lowest BCUT2D eigenvalue weighted by molar-refractivity contribution is -0.193. The second-order valence-corrected chi connectivity index (χ2v) is 21.1. The Kier molecular flexibility index (Phi) is 27.6. The molecule has 3 fully saturated rings. The molecule has 0 saturated carbocycles. The number of halogens is 2. The van der Waals surface area contributed by atoms with Gasteiger partial charge in [-0.05, 0) is 134 Å². The molecule has 0 bridgehead atoms. The molecule has 6 rings (SSSR count). The number of thioether (sulfide) groups is 3. The van der Waals surface area contributed by atoms with Gasteiger partial charge < -0.3 is 14.9 Å². The van der Waals surface area contributed by atoms with Crippen molar-refractivity contribution in [3.63, 3.8) is 0 Å². The average molecular weight is 1180 g/mol. The SMILES string of the molecule is CCN1C(=O)/C(=C/c2cc(C)c(C)c(O)c2)SC1=S.COc1cc(/C=C2\SC(=S)N(CCC(C)C)C2=O)cc(C)c1O.Cc1c(Br)cc(/C=C2\SC(=S)N(C)C2=O)cc1Br.O=C=O.O=C=O.O=C=O. The molecule has 3 heterocycles. The number of carbonyl (C=O) groups is 3. The summed E-state index contributed by atoms with van der Waals surface area (Å²) in [7, 11) is 3.20. The number of carbonyl (C=O) groups excluding carboxylic acids is 9. The van der Waals surface area contributed by atoms with Gasteiger partial charge in [0.15, 0.2) is 11.5 Å². The third-order valence-corrected chi connectivity index (χ3v) is 15.2. The van der Waals surface area contributed by atoms with Crippen molar-refractivity contribution in [3.05, 3.63) is 99.0 Å². The van der Waals surface area contributed by atoms with Crippen molar-refractivity contribution in [2.45, 2.75) is 54.9 Å². The second kappa shape index (κ2) is 30.7. The second-order valence-electron chi connectivity index (χ2n) is 14.4. The molecule has 69 heavy (non-hydrogen) atoms. The lowest BCUT2D eigenvalue weighted by Gasteiger charge is -2.15. The van der Waals surface area contributed by atoms with Gasteiger partial charge in [0, 0.05) is 29.1 Å². The predicted octanol–water partition coefficient (Wildman–Crippen LogP) is 9.79. The van der Waals surface area contributed by atoms with E-state index in [0.717, 1.165) is 48.7 Å². The zero-order chi connectivity index (χ0) is 52.9. The number of methoxy groups -OCH3 is 1. The topological polar surface area (TPSA) is 213 Å². The number of hydrogen-bond acceptors (Lipinski definition) is 18. The fourth-order valence-electron chi connectivity index (χ4n) is 5.57. The molecule has 3 saturated heterocycles. The Bertz CT molecular complexity index is 2600. The van der Waals surface area contributed by atoms with Gasteiger partial charge in [0.1, 0.15) is 18.7 Å². The number of hydrogen-bond donors (Lipinski definition) is 2. The van der Waals surface area contributed by atoms with Gasteiger partial charge in [-0.2, -0.15) is 28.8 Å². The fourth-order valence-corrected chi connectivity index (χ4v) is 10.7. The molecule has 3 aliphatic heterocycles. The molecule has 2 N–H and O–H groups in total. The highest BCUT2D eigenvalue weighted by molar-refractivity contribution is 9.11. The lowest BCUT2D eigenvalue weighted by atomic mass is 10.0.